The first kappa shape index (κ1) is 19.1. The Balaban J connectivity index is 1.47. The standard InChI is InChI=1S/C22H21N3O3S/c1-14-20(15-7-11-18(28-2)12-8-15)23-22(29-14)24-21(27)16-5-9-17(10-6-16)25-13-3-4-19(25)26/h5-12H,3-4,13H2,1-2H3,(H,23,24,27). The molecule has 29 heavy (non-hydrogen) atoms. The zero-order valence-corrected chi connectivity index (χ0v) is 17.1. The van der Waals surface area contributed by atoms with E-state index in [1.807, 2.05) is 43.3 Å². The third-order valence-corrected chi connectivity index (χ3v) is 5.78. The summed E-state index contributed by atoms with van der Waals surface area (Å²) in [5.41, 5.74) is 3.17. The maximum Gasteiger partial charge on any atom is 0.257 e. The minimum Gasteiger partial charge on any atom is -0.497 e. The predicted octanol–water partition coefficient (Wildman–Crippen LogP) is 4.51. The topological polar surface area (TPSA) is 71.5 Å². The van der Waals surface area contributed by atoms with Crippen LogP contribution in [0.1, 0.15) is 28.1 Å². The second-order valence-electron chi connectivity index (χ2n) is 6.80. The van der Waals surface area contributed by atoms with Gasteiger partial charge in [0.25, 0.3) is 5.91 Å². The minimum atomic E-state index is -0.223. The summed E-state index contributed by atoms with van der Waals surface area (Å²) >= 11 is 1.44. The lowest BCUT2D eigenvalue weighted by molar-refractivity contribution is -0.117. The molecule has 2 heterocycles. The van der Waals surface area contributed by atoms with Crippen molar-refractivity contribution >= 4 is 34.0 Å². The van der Waals surface area contributed by atoms with Gasteiger partial charge in [-0.3, -0.25) is 14.9 Å². The summed E-state index contributed by atoms with van der Waals surface area (Å²) < 4.78 is 5.19. The zero-order chi connectivity index (χ0) is 20.4. The Morgan fingerprint density at radius 3 is 2.48 bits per heavy atom. The van der Waals surface area contributed by atoms with Gasteiger partial charge in [0.15, 0.2) is 5.13 Å². The van der Waals surface area contributed by atoms with Crippen LogP contribution in [0.2, 0.25) is 0 Å². The number of carbonyl (C=O) groups excluding carboxylic acids is 2. The molecule has 1 aliphatic heterocycles. The van der Waals surface area contributed by atoms with E-state index in [0.717, 1.165) is 40.5 Å². The summed E-state index contributed by atoms with van der Waals surface area (Å²) in [5, 5.41) is 3.43. The fourth-order valence-corrected chi connectivity index (χ4v) is 4.18. The van der Waals surface area contributed by atoms with Crippen molar-refractivity contribution in [1.29, 1.82) is 0 Å². The second kappa shape index (κ2) is 8.05. The third kappa shape index (κ3) is 4.00. The first-order chi connectivity index (χ1) is 14.0. The van der Waals surface area contributed by atoms with Crippen LogP contribution in [0.4, 0.5) is 10.8 Å². The van der Waals surface area contributed by atoms with E-state index in [4.69, 9.17) is 4.74 Å². The summed E-state index contributed by atoms with van der Waals surface area (Å²) in [6.07, 6.45) is 1.46. The lowest BCUT2D eigenvalue weighted by Gasteiger charge is -2.15. The summed E-state index contributed by atoms with van der Waals surface area (Å²) in [5.74, 6) is 0.695. The first-order valence-corrected chi connectivity index (χ1v) is 10.2. The number of thiazole rings is 1. The Kier molecular flexibility index (Phi) is 5.31. The number of nitrogens with one attached hydrogen (secondary N) is 1. The number of ether oxygens (including phenoxy) is 1. The maximum absolute atomic E-state index is 12.6. The fraction of sp³-hybridized carbons (Fsp3) is 0.227. The molecule has 0 bridgehead atoms. The van der Waals surface area contributed by atoms with Crippen LogP contribution < -0.4 is 15.0 Å². The largest absolute Gasteiger partial charge is 0.497 e. The van der Waals surface area contributed by atoms with E-state index in [0.29, 0.717) is 17.1 Å². The molecule has 1 N–H and O–H groups in total. The number of hydrogen-bond acceptors (Lipinski definition) is 5. The van der Waals surface area contributed by atoms with E-state index in [2.05, 4.69) is 10.3 Å². The van der Waals surface area contributed by atoms with Crippen molar-refractivity contribution in [3.63, 3.8) is 0 Å². The summed E-state index contributed by atoms with van der Waals surface area (Å²) in [6.45, 7) is 2.71. The maximum atomic E-state index is 12.6. The number of anilines is 2. The van der Waals surface area contributed by atoms with E-state index < -0.39 is 0 Å². The van der Waals surface area contributed by atoms with Crippen LogP contribution >= 0.6 is 11.3 Å². The van der Waals surface area contributed by atoms with Gasteiger partial charge in [-0.1, -0.05) is 0 Å². The lowest BCUT2D eigenvalue weighted by Crippen LogP contribution is -2.23. The molecule has 0 saturated carbocycles. The molecule has 1 saturated heterocycles. The van der Waals surface area contributed by atoms with Gasteiger partial charge < -0.3 is 9.64 Å². The molecule has 7 heteroatoms. The van der Waals surface area contributed by atoms with E-state index in [1.54, 1.807) is 24.1 Å². The fourth-order valence-electron chi connectivity index (χ4n) is 3.35. The normalized spacial score (nSPS) is 13.6. The summed E-state index contributed by atoms with van der Waals surface area (Å²) in [7, 11) is 1.63. The highest BCUT2D eigenvalue weighted by Crippen LogP contribution is 2.31. The van der Waals surface area contributed by atoms with Crippen molar-refractivity contribution in [1.82, 2.24) is 4.98 Å². The summed E-state index contributed by atoms with van der Waals surface area (Å²) in [6, 6.07) is 14.8. The highest BCUT2D eigenvalue weighted by atomic mass is 32.1. The molecule has 1 aliphatic rings. The van der Waals surface area contributed by atoms with E-state index in [-0.39, 0.29) is 11.8 Å². The van der Waals surface area contributed by atoms with Crippen molar-refractivity contribution < 1.29 is 14.3 Å². The number of aromatic nitrogens is 1. The zero-order valence-electron chi connectivity index (χ0n) is 16.3. The molecule has 0 aliphatic carbocycles. The Hall–Kier alpha value is -3.19. The second-order valence-corrected chi connectivity index (χ2v) is 8.01. The Labute approximate surface area is 173 Å². The van der Waals surface area contributed by atoms with Gasteiger partial charge in [-0.05, 0) is 61.9 Å². The average molecular weight is 407 g/mol. The quantitative estimate of drug-likeness (QED) is 0.676. The van der Waals surface area contributed by atoms with Crippen LogP contribution in [0.3, 0.4) is 0 Å². The molecule has 0 radical (unpaired) electrons. The predicted molar refractivity (Wildman–Crippen MR) is 115 cm³/mol. The van der Waals surface area contributed by atoms with Crippen LogP contribution in [-0.2, 0) is 4.79 Å². The number of amides is 2. The van der Waals surface area contributed by atoms with Crippen molar-refractivity contribution in [3.8, 4) is 17.0 Å². The molecule has 2 amide bonds. The van der Waals surface area contributed by atoms with Gasteiger partial charge >= 0.3 is 0 Å². The van der Waals surface area contributed by atoms with Gasteiger partial charge in [0.1, 0.15) is 5.75 Å². The van der Waals surface area contributed by atoms with Gasteiger partial charge in [-0.25, -0.2) is 4.98 Å². The minimum absolute atomic E-state index is 0.131. The lowest BCUT2D eigenvalue weighted by atomic mass is 10.1. The summed E-state index contributed by atoms with van der Waals surface area (Å²) in [4.78, 5) is 31.8. The molecule has 0 atom stereocenters. The Morgan fingerprint density at radius 1 is 1.14 bits per heavy atom. The Morgan fingerprint density at radius 2 is 1.86 bits per heavy atom. The van der Waals surface area contributed by atoms with E-state index in [1.165, 1.54) is 11.3 Å². The Bertz CT molecular complexity index is 1040. The van der Waals surface area contributed by atoms with Crippen molar-refractivity contribution in [3.05, 3.63) is 59.0 Å². The van der Waals surface area contributed by atoms with E-state index in [9.17, 15) is 9.59 Å². The highest BCUT2D eigenvalue weighted by molar-refractivity contribution is 7.16. The van der Waals surface area contributed by atoms with Crippen LogP contribution in [0.25, 0.3) is 11.3 Å². The van der Waals surface area contributed by atoms with Crippen LogP contribution in [-0.4, -0.2) is 30.5 Å². The van der Waals surface area contributed by atoms with E-state index >= 15 is 0 Å². The number of nitrogens with zero attached hydrogens (tertiary/aromatic N) is 2. The molecule has 148 valence electrons. The van der Waals surface area contributed by atoms with Crippen molar-refractivity contribution in [2.75, 3.05) is 23.9 Å². The van der Waals surface area contributed by atoms with Gasteiger partial charge in [-0.2, -0.15) is 0 Å². The average Bonchev–Trinajstić information content (AvgIpc) is 3.33. The van der Waals surface area contributed by atoms with Gasteiger partial charge in [-0.15, -0.1) is 11.3 Å². The molecule has 4 rings (SSSR count). The van der Waals surface area contributed by atoms with Gasteiger partial charge in [0, 0.05) is 34.7 Å². The van der Waals surface area contributed by atoms with Gasteiger partial charge in [0.2, 0.25) is 5.91 Å². The molecule has 1 aromatic heterocycles. The highest BCUT2D eigenvalue weighted by Gasteiger charge is 2.22. The van der Waals surface area contributed by atoms with Crippen molar-refractivity contribution in [2.24, 2.45) is 0 Å². The SMILES string of the molecule is COc1ccc(-c2nc(NC(=O)c3ccc(N4CCCC4=O)cc3)sc2C)cc1. The van der Waals surface area contributed by atoms with Crippen LogP contribution in [0.15, 0.2) is 48.5 Å². The number of aryl methyl sites for hydroxylation is 1. The monoisotopic (exact) mass is 407 g/mol. The number of rotatable bonds is 5. The van der Waals surface area contributed by atoms with Crippen LogP contribution in [0, 0.1) is 6.92 Å². The van der Waals surface area contributed by atoms with Crippen LogP contribution in [0.5, 0.6) is 5.75 Å². The molecular formula is C22H21N3O3S. The smallest absolute Gasteiger partial charge is 0.257 e. The molecule has 1 fully saturated rings. The third-order valence-electron chi connectivity index (χ3n) is 4.90. The molecular weight excluding hydrogens is 386 g/mol. The number of benzene rings is 2. The molecule has 2 aromatic carbocycles. The molecule has 3 aromatic rings. The number of methoxy groups -OCH3 is 1. The first-order valence-electron chi connectivity index (χ1n) is 9.39. The molecule has 6 nitrogen and oxygen atoms in total. The van der Waals surface area contributed by atoms with Crippen molar-refractivity contribution in [2.45, 2.75) is 19.8 Å². The number of hydrogen-bond donors (Lipinski definition) is 1. The number of carbonyl (C=O) groups is 2. The van der Waals surface area contributed by atoms with Gasteiger partial charge in [0.05, 0.1) is 12.8 Å². The molecule has 0 unspecified atom stereocenters. The molecule has 0 spiro atoms.